The number of unbranched alkanes of at least 4 members (excludes halogenated alkanes) is 1. The van der Waals surface area contributed by atoms with Crippen LogP contribution in [0.1, 0.15) is 49.5 Å². The third kappa shape index (κ3) is 3.64. The van der Waals surface area contributed by atoms with Gasteiger partial charge in [0.15, 0.2) is 0 Å². The molecule has 1 aromatic heterocycles. The zero-order chi connectivity index (χ0) is 15.9. The maximum atomic E-state index is 9.00. The first kappa shape index (κ1) is 16.0. The number of oxime groups is 1. The van der Waals surface area contributed by atoms with E-state index < -0.39 is 0 Å². The number of hydrogen-bond donors (Lipinski definition) is 1. The summed E-state index contributed by atoms with van der Waals surface area (Å²) in [6.45, 7) is 8.79. The molecular weight excluding hydrogens is 274 g/mol. The normalized spacial score (nSPS) is 11.2. The summed E-state index contributed by atoms with van der Waals surface area (Å²) >= 11 is 0. The molecule has 0 spiro atoms. The first-order valence-corrected chi connectivity index (χ1v) is 7.64. The number of aromatic nitrogens is 2. The highest BCUT2D eigenvalue weighted by molar-refractivity contribution is 5.84. The standard InChI is InChI=1S/C18H23N3O/c1-4-5-11-17-20-18(14(2)3)16(12-19-22)21(17)13-15-9-7-6-8-10-15/h6-10,12,22H,2,4-5,11,13H2,1,3H3/b19-12+. The summed E-state index contributed by atoms with van der Waals surface area (Å²) in [5.74, 6) is 1.01. The number of nitrogens with zero attached hydrogens (tertiary/aromatic N) is 3. The summed E-state index contributed by atoms with van der Waals surface area (Å²) in [6, 6.07) is 10.2. The summed E-state index contributed by atoms with van der Waals surface area (Å²) in [5.41, 5.74) is 3.68. The molecule has 0 atom stereocenters. The number of rotatable bonds is 7. The smallest absolute Gasteiger partial charge is 0.110 e. The average Bonchev–Trinajstić information content (AvgIpc) is 2.85. The fourth-order valence-electron chi connectivity index (χ4n) is 2.48. The third-order valence-corrected chi connectivity index (χ3v) is 3.61. The zero-order valence-corrected chi connectivity index (χ0v) is 13.3. The van der Waals surface area contributed by atoms with Gasteiger partial charge in [-0.05, 0) is 24.5 Å². The molecule has 0 aliphatic heterocycles. The van der Waals surface area contributed by atoms with Gasteiger partial charge in [0.1, 0.15) is 5.82 Å². The molecule has 2 rings (SSSR count). The van der Waals surface area contributed by atoms with Crippen molar-refractivity contribution in [2.75, 3.05) is 0 Å². The Bertz CT molecular complexity index is 656. The molecule has 0 fully saturated rings. The number of imidazole rings is 1. The Hall–Kier alpha value is -2.36. The monoisotopic (exact) mass is 297 g/mol. The lowest BCUT2D eigenvalue weighted by atomic mass is 10.2. The van der Waals surface area contributed by atoms with Gasteiger partial charge in [0.05, 0.1) is 17.6 Å². The summed E-state index contributed by atoms with van der Waals surface area (Å²) in [6.07, 6.45) is 4.56. The molecule has 0 amide bonds. The van der Waals surface area contributed by atoms with E-state index in [1.54, 1.807) is 0 Å². The van der Waals surface area contributed by atoms with Crippen LogP contribution in [-0.4, -0.2) is 21.0 Å². The summed E-state index contributed by atoms with van der Waals surface area (Å²) in [5, 5.41) is 12.2. The Morgan fingerprint density at radius 3 is 2.68 bits per heavy atom. The van der Waals surface area contributed by atoms with Crippen LogP contribution < -0.4 is 0 Å². The molecule has 1 heterocycles. The Morgan fingerprint density at radius 2 is 2.09 bits per heavy atom. The van der Waals surface area contributed by atoms with E-state index in [0.717, 1.165) is 42.0 Å². The van der Waals surface area contributed by atoms with Crippen LogP contribution in [0.3, 0.4) is 0 Å². The lowest BCUT2D eigenvalue weighted by Gasteiger charge is -2.10. The average molecular weight is 297 g/mol. The molecule has 0 saturated carbocycles. The number of benzene rings is 1. The topological polar surface area (TPSA) is 50.4 Å². The van der Waals surface area contributed by atoms with Crippen LogP contribution in [0, 0.1) is 0 Å². The second-order valence-corrected chi connectivity index (χ2v) is 5.46. The van der Waals surface area contributed by atoms with E-state index in [1.165, 1.54) is 11.8 Å². The first-order chi connectivity index (χ1) is 10.7. The van der Waals surface area contributed by atoms with Gasteiger partial charge in [-0.25, -0.2) is 4.98 Å². The van der Waals surface area contributed by atoms with E-state index in [-0.39, 0.29) is 0 Å². The molecule has 0 saturated heterocycles. The Labute approximate surface area is 131 Å². The molecule has 0 unspecified atom stereocenters. The predicted octanol–water partition coefficient (Wildman–Crippen LogP) is 4.12. The van der Waals surface area contributed by atoms with Crippen molar-refractivity contribution in [3.63, 3.8) is 0 Å². The van der Waals surface area contributed by atoms with Crippen LogP contribution in [0.15, 0.2) is 42.1 Å². The van der Waals surface area contributed by atoms with Crippen molar-refractivity contribution in [2.45, 2.75) is 39.7 Å². The molecule has 2 aromatic rings. The van der Waals surface area contributed by atoms with Gasteiger partial charge in [0.2, 0.25) is 0 Å². The Morgan fingerprint density at radius 1 is 1.36 bits per heavy atom. The Kier molecular flexibility index (Phi) is 5.53. The molecule has 1 aromatic carbocycles. The van der Waals surface area contributed by atoms with E-state index in [1.807, 2.05) is 25.1 Å². The van der Waals surface area contributed by atoms with Crippen LogP contribution in [0.25, 0.3) is 5.57 Å². The van der Waals surface area contributed by atoms with Gasteiger partial charge in [-0.15, -0.1) is 0 Å². The van der Waals surface area contributed by atoms with Gasteiger partial charge < -0.3 is 9.77 Å². The van der Waals surface area contributed by atoms with Crippen LogP contribution in [0.5, 0.6) is 0 Å². The van der Waals surface area contributed by atoms with Crippen LogP contribution in [0.2, 0.25) is 0 Å². The second kappa shape index (κ2) is 7.59. The molecule has 0 radical (unpaired) electrons. The maximum Gasteiger partial charge on any atom is 0.110 e. The molecule has 4 nitrogen and oxygen atoms in total. The van der Waals surface area contributed by atoms with Gasteiger partial charge >= 0.3 is 0 Å². The summed E-state index contributed by atoms with van der Waals surface area (Å²) in [4.78, 5) is 4.72. The quantitative estimate of drug-likeness (QED) is 0.475. The number of hydrogen-bond acceptors (Lipinski definition) is 3. The lowest BCUT2D eigenvalue weighted by molar-refractivity contribution is 0.321. The summed E-state index contributed by atoms with van der Waals surface area (Å²) < 4.78 is 2.12. The van der Waals surface area contributed by atoms with E-state index in [4.69, 9.17) is 10.2 Å². The first-order valence-electron chi connectivity index (χ1n) is 7.64. The van der Waals surface area contributed by atoms with Crippen molar-refractivity contribution in [2.24, 2.45) is 5.16 Å². The SMILES string of the molecule is C=C(C)c1nc(CCCC)n(Cc2ccccc2)c1/C=N/O. The van der Waals surface area contributed by atoms with E-state index in [2.05, 4.69) is 35.4 Å². The van der Waals surface area contributed by atoms with E-state index in [9.17, 15) is 0 Å². The highest BCUT2D eigenvalue weighted by atomic mass is 16.4. The van der Waals surface area contributed by atoms with Gasteiger partial charge in [0.25, 0.3) is 0 Å². The minimum atomic E-state index is 0.710. The molecule has 4 heteroatoms. The summed E-state index contributed by atoms with van der Waals surface area (Å²) in [7, 11) is 0. The molecule has 0 aliphatic rings. The zero-order valence-electron chi connectivity index (χ0n) is 13.3. The van der Waals surface area contributed by atoms with Crippen molar-refractivity contribution >= 4 is 11.8 Å². The fraction of sp³-hybridized carbons (Fsp3) is 0.333. The van der Waals surface area contributed by atoms with Crippen molar-refractivity contribution in [1.29, 1.82) is 0 Å². The van der Waals surface area contributed by atoms with Crippen molar-refractivity contribution < 1.29 is 5.21 Å². The van der Waals surface area contributed by atoms with Crippen LogP contribution in [0.4, 0.5) is 0 Å². The van der Waals surface area contributed by atoms with Gasteiger partial charge in [-0.2, -0.15) is 0 Å². The fourth-order valence-corrected chi connectivity index (χ4v) is 2.48. The largest absolute Gasteiger partial charge is 0.411 e. The minimum Gasteiger partial charge on any atom is -0.411 e. The lowest BCUT2D eigenvalue weighted by Crippen LogP contribution is -2.09. The van der Waals surface area contributed by atoms with Crippen molar-refractivity contribution in [3.8, 4) is 0 Å². The molecular formula is C18H23N3O. The highest BCUT2D eigenvalue weighted by Crippen LogP contribution is 2.20. The predicted molar refractivity (Wildman–Crippen MR) is 90.5 cm³/mol. The van der Waals surface area contributed by atoms with Gasteiger partial charge in [-0.3, -0.25) is 0 Å². The van der Waals surface area contributed by atoms with Crippen molar-refractivity contribution in [3.05, 3.63) is 59.7 Å². The van der Waals surface area contributed by atoms with E-state index in [0.29, 0.717) is 6.54 Å². The van der Waals surface area contributed by atoms with Gasteiger partial charge in [0, 0.05) is 13.0 Å². The van der Waals surface area contributed by atoms with Crippen LogP contribution in [-0.2, 0) is 13.0 Å². The van der Waals surface area contributed by atoms with Crippen LogP contribution >= 0.6 is 0 Å². The van der Waals surface area contributed by atoms with Crippen molar-refractivity contribution in [1.82, 2.24) is 9.55 Å². The van der Waals surface area contributed by atoms with Gasteiger partial charge in [-0.1, -0.05) is 55.4 Å². The Balaban J connectivity index is 2.48. The molecule has 0 aliphatic carbocycles. The molecule has 116 valence electrons. The highest BCUT2D eigenvalue weighted by Gasteiger charge is 2.16. The molecule has 22 heavy (non-hydrogen) atoms. The maximum absolute atomic E-state index is 9.00. The van der Waals surface area contributed by atoms with E-state index >= 15 is 0 Å². The second-order valence-electron chi connectivity index (χ2n) is 5.46. The molecule has 1 N–H and O–H groups in total. The minimum absolute atomic E-state index is 0.710. The number of allylic oxidation sites excluding steroid dienone is 1. The number of aryl methyl sites for hydroxylation is 1. The third-order valence-electron chi connectivity index (χ3n) is 3.61. The molecule has 0 bridgehead atoms.